The zero-order valence-corrected chi connectivity index (χ0v) is 13.1. The highest BCUT2D eigenvalue weighted by molar-refractivity contribution is 7.13. The van der Waals surface area contributed by atoms with Crippen LogP contribution in [0, 0.1) is 0 Å². The van der Waals surface area contributed by atoms with Gasteiger partial charge in [0.2, 0.25) is 5.82 Å². The number of likely N-dealkylation sites (N-methyl/N-ethyl adjacent to an activating group) is 1. The number of nitrogens with zero attached hydrogens (tertiary/aromatic N) is 3. The summed E-state index contributed by atoms with van der Waals surface area (Å²) < 4.78 is 5.33. The van der Waals surface area contributed by atoms with E-state index in [1.54, 1.807) is 11.3 Å². The van der Waals surface area contributed by atoms with E-state index in [1.807, 2.05) is 17.5 Å². The van der Waals surface area contributed by atoms with E-state index < -0.39 is 11.9 Å². The molecule has 0 amide bonds. The number of aliphatic carboxylic acids is 2. The molecule has 2 N–H and O–H groups in total. The fourth-order valence-corrected chi connectivity index (χ4v) is 2.56. The molecule has 0 saturated carbocycles. The van der Waals surface area contributed by atoms with Crippen molar-refractivity contribution >= 4 is 28.8 Å². The number of carboxylic acids is 2. The summed E-state index contributed by atoms with van der Waals surface area (Å²) >= 11 is 1.62. The van der Waals surface area contributed by atoms with E-state index in [1.165, 1.54) is 0 Å². The van der Waals surface area contributed by atoms with Gasteiger partial charge < -0.3 is 19.6 Å². The average Bonchev–Trinajstić information content (AvgIpc) is 3.19. The Bertz CT molecular complexity index is 696. The van der Waals surface area contributed by atoms with E-state index in [2.05, 4.69) is 28.2 Å². The van der Waals surface area contributed by atoms with Gasteiger partial charge in [-0.15, -0.1) is 11.3 Å². The largest absolute Gasteiger partial charge is 0.473 e. The number of rotatable bonds is 2. The molecule has 2 aromatic heterocycles. The first-order chi connectivity index (χ1) is 11.0. The fraction of sp³-hybridized carbons (Fsp3) is 0.286. The molecule has 0 unspecified atom stereocenters. The Kier molecular flexibility index (Phi) is 5.61. The Morgan fingerprint density at radius 1 is 1.35 bits per heavy atom. The van der Waals surface area contributed by atoms with Gasteiger partial charge in [-0.2, -0.15) is 4.98 Å². The number of carbonyl (C=O) groups is 2. The van der Waals surface area contributed by atoms with Crippen molar-refractivity contribution < 1.29 is 24.3 Å². The third-order valence-corrected chi connectivity index (χ3v) is 3.83. The third-order valence-electron chi connectivity index (χ3n) is 2.97. The standard InChI is InChI=1S/C12H13N3OS.C2H2O4/c1-15-6-2-4-9(8-15)12-13-11(14-16-12)10-5-3-7-17-10;3-1(4)2(5)6/h3-5,7H,2,6,8H2,1H3;(H,3,4)(H,5,6). The zero-order chi connectivity index (χ0) is 16.8. The molecule has 0 aromatic carbocycles. The highest BCUT2D eigenvalue weighted by Gasteiger charge is 2.17. The lowest BCUT2D eigenvalue weighted by Crippen LogP contribution is -2.24. The van der Waals surface area contributed by atoms with Crippen molar-refractivity contribution in [3.8, 4) is 10.7 Å². The third kappa shape index (κ3) is 4.73. The lowest BCUT2D eigenvalue weighted by molar-refractivity contribution is -0.159. The van der Waals surface area contributed by atoms with Gasteiger partial charge in [-0.1, -0.05) is 17.3 Å². The van der Waals surface area contributed by atoms with Crippen molar-refractivity contribution in [1.82, 2.24) is 15.0 Å². The first-order valence-corrected chi connectivity index (χ1v) is 7.57. The lowest BCUT2D eigenvalue weighted by atomic mass is 10.1. The minimum atomic E-state index is -1.82. The maximum Gasteiger partial charge on any atom is 0.414 e. The molecule has 0 aliphatic carbocycles. The normalized spacial score (nSPS) is 14.6. The molecule has 9 heteroatoms. The second-order valence-corrected chi connectivity index (χ2v) is 5.71. The number of thiophene rings is 1. The summed E-state index contributed by atoms with van der Waals surface area (Å²) in [7, 11) is 2.10. The van der Waals surface area contributed by atoms with Crippen molar-refractivity contribution in [3.05, 3.63) is 29.5 Å². The van der Waals surface area contributed by atoms with Gasteiger partial charge in [0.1, 0.15) is 0 Å². The molecule has 2 aromatic rings. The SMILES string of the molecule is CN1CCC=C(c2nc(-c3cccs3)no2)C1.O=C(O)C(=O)O. The first-order valence-electron chi connectivity index (χ1n) is 6.69. The van der Waals surface area contributed by atoms with E-state index in [4.69, 9.17) is 24.3 Å². The van der Waals surface area contributed by atoms with Crippen LogP contribution in [0.1, 0.15) is 12.3 Å². The fourth-order valence-electron chi connectivity index (χ4n) is 1.91. The highest BCUT2D eigenvalue weighted by atomic mass is 32.1. The maximum atomic E-state index is 9.10. The highest BCUT2D eigenvalue weighted by Crippen LogP contribution is 2.24. The van der Waals surface area contributed by atoms with Crippen LogP contribution < -0.4 is 0 Å². The van der Waals surface area contributed by atoms with Gasteiger partial charge in [0.25, 0.3) is 5.89 Å². The quantitative estimate of drug-likeness (QED) is 0.795. The molecule has 3 rings (SSSR count). The van der Waals surface area contributed by atoms with E-state index in [-0.39, 0.29) is 0 Å². The van der Waals surface area contributed by atoms with Crippen molar-refractivity contribution in [2.75, 3.05) is 20.1 Å². The average molecular weight is 337 g/mol. The van der Waals surface area contributed by atoms with Crippen molar-refractivity contribution in [2.24, 2.45) is 0 Å². The molecule has 8 nitrogen and oxygen atoms in total. The second-order valence-electron chi connectivity index (χ2n) is 4.77. The minimum absolute atomic E-state index is 0.653. The van der Waals surface area contributed by atoms with Crippen LogP contribution in [0.15, 0.2) is 28.1 Å². The molecule has 1 aliphatic heterocycles. The molecule has 23 heavy (non-hydrogen) atoms. The first kappa shape index (κ1) is 16.8. The predicted octanol–water partition coefficient (Wildman–Crippen LogP) is 1.67. The molecular weight excluding hydrogens is 322 g/mol. The molecule has 0 spiro atoms. The molecule has 0 saturated heterocycles. The molecule has 0 radical (unpaired) electrons. The summed E-state index contributed by atoms with van der Waals surface area (Å²) in [6.45, 7) is 1.97. The van der Waals surface area contributed by atoms with Gasteiger partial charge in [-0.05, 0) is 24.9 Å². The second kappa shape index (κ2) is 7.65. The molecule has 3 heterocycles. The van der Waals surface area contributed by atoms with Crippen LogP contribution in [0.5, 0.6) is 0 Å². The van der Waals surface area contributed by atoms with E-state index >= 15 is 0 Å². The Labute approximate surface area is 135 Å². The topological polar surface area (TPSA) is 117 Å². The van der Waals surface area contributed by atoms with Crippen LogP contribution in [-0.4, -0.2) is 57.3 Å². The van der Waals surface area contributed by atoms with Gasteiger partial charge in [-0.3, -0.25) is 0 Å². The number of carboxylic acid groups (broad SMARTS) is 2. The zero-order valence-electron chi connectivity index (χ0n) is 12.3. The minimum Gasteiger partial charge on any atom is -0.473 e. The van der Waals surface area contributed by atoms with E-state index in [9.17, 15) is 0 Å². The number of aromatic nitrogens is 2. The Morgan fingerprint density at radius 2 is 2.09 bits per heavy atom. The van der Waals surface area contributed by atoms with Gasteiger partial charge >= 0.3 is 11.9 Å². The van der Waals surface area contributed by atoms with Crippen LogP contribution >= 0.6 is 11.3 Å². The van der Waals surface area contributed by atoms with Crippen LogP contribution in [-0.2, 0) is 9.59 Å². The van der Waals surface area contributed by atoms with Crippen molar-refractivity contribution in [2.45, 2.75) is 6.42 Å². The molecule has 122 valence electrons. The van der Waals surface area contributed by atoms with Crippen LogP contribution in [0.3, 0.4) is 0 Å². The van der Waals surface area contributed by atoms with E-state index in [0.29, 0.717) is 11.7 Å². The number of hydrogen-bond acceptors (Lipinski definition) is 7. The van der Waals surface area contributed by atoms with Gasteiger partial charge in [0.15, 0.2) is 0 Å². The molecule has 0 atom stereocenters. The summed E-state index contributed by atoms with van der Waals surface area (Å²) in [4.78, 5) is 25.9. The van der Waals surface area contributed by atoms with Crippen molar-refractivity contribution in [1.29, 1.82) is 0 Å². The summed E-state index contributed by atoms with van der Waals surface area (Å²) in [5, 5.41) is 20.8. The van der Waals surface area contributed by atoms with E-state index in [0.717, 1.165) is 30.0 Å². The monoisotopic (exact) mass is 337 g/mol. The Balaban J connectivity index is 0.000000277. The molecule has 0 bridgehead atoms. The summed E-state index contributed by atoms with van der Waals surface area (Å²) in [5.74, 6) is -2.31. The smallest absolute Gasteiger partial charge is 0.414 e. The van der Waals surface area contributed by atoms with Gasteiger partial charge in [0.05, 0.1) is 4.88 Å². The molecule has 1 aliphatic rings. The molecular formula is C14H15N3O5S. The van der Waals surface area contributed by atoms with Crippen LogP contribution in [0.25, 0.3) is 16.3 Å². The molecule has 0 fully saturated rings. The Hall–Kier alpha value is -2.52. The lowest BCUT2D eigenvalue weighted by Gasteiger charge is -2.20. The maximum absolute atomic E-state index is 9.10. The van der Waals surface area contributed by atoms with Gasteiger partial charge in [0, 0.05) is 18.7 Å². The summed E-state index contributed by atoms with van der Waals surface area (Å²) in [6, 6.07) is 3.99. The summed E-state index contributed by atoms with van der Waals surface area (Å²) in [6.07, 6.45) is 3.23. The summed E-state index contributed by atoms with van der Waals surface area (Å²) in [5.41, 5.74) is 1.13. The van der Waals surface area contributed by atoms with Gasteiger partial charge in [-0.25, -0.2) is 9.59 Å². The van der Waals surface area contributed by atoms with Crippen LogP contribution in [0.4, 0.5) is 0 Å². The Morgan fingerprint density at radius 3 is 2.65 bits per heavy atom. The predicted molar refractivity (Wildman–Crippen MR) is 83.0 cm³/mol. The van der Waals surface area contributed by atoms with Crippen molar-refractivity contribution in [3.63, 3.8) is 0 Å². The number of hydrogen-bond donors (Lipinski definition) is 2. The van der Waals surface area contributed by atoms with Crippen LogP contribution in [0.2, 0.25) is 0 Å².